The smallest absolute Gasteiger partial charge is 0.152 e. The maximum atomic E-state index is 13.2. The first-order chi connectivity index (χ1) is 9.32. The Kier molecular flexibility index (Phi) is 2.72. The summed E-state index contributed by atoms with van der Waals surface area (Å²) in [5.41, 5.74) is -1.67. The molecule has 20 heavy (non-hydrogen) atoms. The van der Waals surface area contributed by atoms with Crippen molar-refractivity contribution < 1.29 is 17.9 Å². The van der Waals surface area contributed by atoms with E-state index in [1.165, 1.54) is 18.2 Å². The van der Waals surface area contributed by atoms with Crippen molar-refractivity contribution in [1.82, 2.24) is 0 Å². The number of nitriles is 1. The highest BCUT2D eigenvalue weighted by atomic mass is 32.2. The van der Waals surface area contributed by atoms with E-state index in [4.69, 9.17) is 0 Å². The highest BCUT2D eigenvalue weighted by Gasteiger charge is 2.59. The molecule has 1 fully saturated rings. The number of fused-ring (bicyclic) bond motifs is 1. The molecule has 2 atom stereocenters. The van der Waals surface area contributed by atoms with E-state index >= 15 is 0 Å². The van der Waals surface area contributed by atoms with Crippen LogP contribution in [0.4, 0.5) is 4.39 Å². The van der Waals surface area contributed by atoms with Crippen molar-refractivity contribution in [2.24, 2.45) is 5.41 Å². The standard InChI is InChI=1S/C14H14FNO3S/c15-11-1-2-12-10(7-11)3-4-14(12,17)13(8-16)5-6-20(18,19)9-13/h1-2,7,17H,3-6,9H2. The normalized spacial score (nSPS) is 34.6. The maximum Gasteiger partial charge on any atom is 0.152 e. The SMILES string of the molecule is N#CC1(C2(O)CCc3cc(F)ccc32)CCS(=O)(=O)C1. The molecule has 1 heterocycles. The summed E-state index contributed by atoms with van der Waals surface area (Å²) in [5.74, 6) is -0.804. The second-order valence-corrected chi connectivity index (χ2v) is 7.88. The lowest BCUT2D eigenvalue weighted by Crippen LogP contribution is -2.44. The minimum absolute atomic E-state index is 0.0839. The van der Waals surface area contributed by atoms with E-state index in [0.29, 0.717) is 17.5 Å². The Morgan fingerprint density at radius 2 is 2.10 bits per heavy atom. The first kappa shape index (κ1) is 13.5. The van der Waals surface area contributed by atoms with Crippen molar-refractivity contribution in [1.29, 1.82) is 5.26 Å². The molecule has 1 aromatic carbocycles. The lowest BCUT2D eigenvalue weighted by atomic mass is 9.69. The van der Waals surface area contributed by atoms with Gasteiger partial charge in [0.1, 0.15) is 16.8 Å². The number of rotatable bonds is 1. The van der Waals surface area contributed by atoms with Crippen LogP contribution in [0, 0.1) is 22.6 Å². The van der Waals surface area contributed by atoms with E-state index < -0.39 is 26.7 Å². The first-order valence-corrected chi connectivity index (χ1v) is 8.27. The predicted octanol–water partition coefficient (Wildman–Crippen LogP) is 1.29. The molecule has 106 valence electrons. The molecule has 0 amide bonds. The summed E-state index contributed by atoms with van der Waals surface area (Å²) in [6.45, 7) is 0. The van der Waals surface area contributed by atoms with Crippen LogP contribution >= 0.6 is 0 Å². The average Bonchev–Trinajstić information content (AvgIpc) is 2.89. The quantitative estimate of drug-likeness (QED) is 0.846. The molecule has 4 nitrogen and oxygen atoms in total. The van der Waals surface area contributed by atoms with Gasteiger partial charge in [-0.2, -0.15) is 5.26 Å². The van der Waals surface area contributed by atoms with Gasteiger partial charge in [-0.05, 0) is 42.5 Å². The Balaban J connectivity index is 2.14. The van der Waals surface area contributed by atoms with Crippen LogP contribution in [-0.4, -0.2) is 25.0 Å². The van der Waals surface area contributed by atoms with Gasteiger partial charge in [-0.25, -0.2) is 12.8 Å². The molecule has 2 unspecified atom stereocenters. The van der Waals surface area contributed by atoms with E-state index in [0.717, 1.165) is 0 Å². The van der Waals surface area contributed by atoms with E-state index in [1.54, 1.807) is 0 Å². The van der Waals surface area contributed by atoms with Crippen molar-refractivity contribution in [3.8, 4) is 6.07 Å². The molecule has 2 aliphatic rings. The average molecular weight is 295 g/mol. The molecule has 1 aliphatic carbocycles. The second kappa shape index (κ2) is 4.03. The molecule has 1 aliphatic heterocycles. The number of aryl methyl sites for hydroxylation is 1. The fraction of sp³-hybridized carbons (Fsp3) is 0.500. The summed E-state index contributed by atoms with van der Waals surface area (Å²) in [4.78, 5) is 0. The van der Waals surface area contributed by atoms with Crippen LogP contribution < -0.4 is 0 Å². The van der Waals surface area contributed by atoms with Crippen molar-refractivity contribution in [3.05, 3.63) is 35.1 Å². The van der Waals surface area contributed by atoms with Gasteiger partial charge in [0, 0.05) is 0 Å². The molecule has 1 saturated heterocycles. The molecule has 0 spiro atoms. The third kappa shape index (κ3) is 1.70. The van der Waals surface area contributed by atoms with Crippen molar-refractivity contribution in [3.63, 3.8) is 0 Å². The number of nitrogens with zero attached hydrogens (tertiary/aromatic N) is 1. The van der Waals surface area contributed by atoms with Crippen LogP contribution in [0.1, 0.15) is 24.0 Å². The van der Waals surface area contributed by atoms with E-state index in [-0.39, 0.29) is 24.3 Å². The van der Waals surface area contributed by atoms with Gasteiger partial charge in [0.2, 0.25) is 0 Å². The summed E-state index contributed by atoms with van der Waals surface area (Å²) < 4.78 is 36.7. The highest BCUT2D eigenvalue weighted by Crippen LogP contribution is 2.53. The fourth-order valence-electron chi connectivity index (χ4n) is 3.48. The first-order valence-electron chi connectivity index (χ1n) is 6.45. The van der Waals surface area contributed by atoms with Gasteiger partial charge in [-0.1, -0.05) is 6.07 Å². The van der Waals surface area contributed by atoms with Crippen LogP contribution in [-0.2, 0) is 21.9 Å². The highest BCUT2D eigenvalue weighted by molar-refractivity contribution is 7.91. The number of benzene rings is 1. The van der Waals surface area contributed by atoms with Gasteiger partial charge in [-0.15, -0.1) is 0 Å². The minimum atomic E-state index is -3.31. The Hall–Kier alpha value is -1.45. The Morgan fingerprint density at radius 1 is 1.35 bits per heavy atom. The van der Waals surface area contributed by atoms with Gasteiger partial charge >= 0.3 is 0 Å². The van der Waals surface area contributed by atoms with Crippen LogP contribution in [0.15, 0.2) is 18.2 Å². The van der Waals surface area contributed by atoms with Crippen molar-refractivity contribution >= 4 is 9.84 Å². The Morgan fingerprint density at radius 3 is 2.70 bits per heavy atom. The van der Waals surface area contributed by atoms with Gasteiger partial charge < -0.3 is 5.11 Å². The lowest BCUT2D eigenvalue weighted by Gasteiger charge is -2.37. The minimum Gasteiger partial charge on any atom is -0.383 e. The van der Waals surface area contributed by atoms with Crippen molar-refractivity contribution in [2.45, 2.75) is 24.9 Å². The zero-order valence-electron chi connectivity index (χ0n) is 10.8. The van der Waals surface area contributed by atoms with Gasteiger partial charge in [0.15, 0.2) is 9.84 Å². The molecule has 1 aromatic rings. The Labute approximate surface area is 116 Å². The zero-order valence-corrected chi connectivity index (χ0v) is 11.6. The van der Waals surface area contributed by atoms with Gasteiger partial charge in [0.25, 0.3) is 0 Å². The van der Waals surface area contributed by atoms with E-state index in [2.05, 4.69) is 0 Å². The summed E-state index contributed by atoms with van der Waals surface area (Å²) in [7, 11) is -3.31. The van der Waals surface area contributed by atoms with Crippen molar-refractivity contribution in [2.75, 3.05) is 11.5 Å². The third-order valence-electron chi connectivity index (χ3n) is 4.58. The summed E-state index contributed by atoms with van der Waals surface area (Å²) in [5, 5.41) is 20.5. The summed E-state index contributed by atoms with van der Waals surface area (Å²) >= 11 is 0. The Bertz CT molecular complexity index is 724. The van der Waals surface area contributed by atoms with Crippen LogP contribution in [0.3, 0.4) is 0 Å². The lowest BCUT2D eigenvalue weighted by molar-refractivity contribution is -0.0481. The fourth-order valence-corrected chi connectivity index (χ4v) is 5.48. The molecule has 6 heteroatoms. The van der Waals surface area contributed by atoms with E-state index in [9.17, 15) is 23.2 Å². The number of aliphatic hydroxyl groups is 1. The molecule has 3 rings (SSSR count). The van der Waals surface area contributed by atoms with Gasteiger partial charge in [0.05, 0.1) is 17.6 Å². The zero-order chi connectivity index (χ0) is 14.6. The van der Waals surface area contributed by atoms with E-state index in [1.807, 2.05) is 6.07 Å². The van der Waals surface area contributed by atoms with Crippen LogP contribution in [0.2, 0.25) is 0 Å². The summed E-state index contributed by atoms with van der Waals surface area (Å²) in [6, 6.07) is 6.11. The second-order valence-electron chi connectivity index (χ2n) is 5.70. The third-order valence-corrected chi connectivity index (χ3v) is 6.34. The van der Waals surface area contributed by atoms with Gasteiger partial charge in [-0.3, -0.25) is 0 Å². The maximum absolute atomic E-state index is 13.2. The molecule has 0 aromatic heterocycles. The number of halogens is 1. The molecule has 0 radical (unpaired) electrons. The predicted molar refractivity (Wildman–Crippen MR) is 69.9 cm³/mol. The number of sulfone groups is 1. The molecule has 0 saturated carbocycles. The molecular weight excluding hydrogens is 281 g/mol. The summed E-state index contributed by atoms with van der Waals surface area (Å²) in [6.07, 6.45) is 0.834. The number of hydrogen-bond donors (Lipinski definition) is 1. The molecule has 1 N–H and O–H groups in total. The largest absolute Gasteiger partial charge is 0.383 e. The van der Waals surface area contributed by atoms with Crippen LogP contribution in [0.5, 0.6) is 0 Å². The monoisotopic (exact) mass is 295 g/mol. The topological polar surface area (TPSA) is 78.2 Å². The van der Waals surface area contributed by atoms with Crippen LogP contribution in [0.25, 0.3) is 0 Å². The molecular formula is C14H14FNO3S. The molecule has 0 bridgehead atoms. The number of hydrogen-bond acceptors (Lipinski definition) is 4.